The van der Waals surface area contributed by atoms with E-state index in [0.29, 0.717) is 0 Å². The van der Waals surface area contributed by atoms with Gasteiger partial charge in [0.05, 0.1) is 6.26 Å². The Hall–Kier alpha value is -0.860. The molecule has 0 saturated heterocycles. The molecule has 0 aliphatic rings. The lowest BCUT2D eigenvalue weighted by atomic mass is 10.2. The van der Waals surface area contributed by atoms with Crippen molar-refractivity contribution in [3.05, 3.63) is 41.6 Å². The van der Waals surface area contributed by atoms with Crippen LogP contribution in [0, 0.1) is 0 Å². The van der Waals surface area contributed by atoms with Crippen molar-refractivity contribution in [2.45, 2.75) is 4.90 Å². The second-order valence-corrected chi connectivity index (χ2v) is 4.11. The lowest BCUT2D eigenvalue weighted by Crippen LogP contribution is -1.79. The third-order valence-corrected chi connectivity index (χ3v) is 2.98. The van der Waals surface area contributed by atoms with Crippen molar-refractivity contribution in [2.75, 3.05) is 6.26 Å². The van der Waals surface area contributed by atoms with Crippen LogP contribution in [-0.2, 0) is 0 Å². The van der Waals surface area contributed by atoms with Gasteiger partial charge in [0.15, 0.2) is 0 Å². The Labute approximate surface area is 92.1 Å². The van der Waals surface area contributed by atoms with Crippen molar-refractivity contribution >= 4 is 23.4 Å². The zero-order valence-corrected chi connectivity index (χ0v) is 9.23. The minimum absolute atomic E-state index is 0.731. The molecule has 0 aliphatic carbocycles. The summed E-state index contributed by atoms with van der Waals surface area (Å²) in [6, 6.07) is 9.63. The molecule has 3 heteroatoms. The minimum atomic E-state index is 0.731. The van der Waals surface area contributed by atoms with Crippen molar-refractivity contribution in [2.24, 2.45) is 0 Å². The molecule has 1 nitrogen and oxygen atoms in total. The van der Waals surface area contributed by atoms with Crippen molar-refractivity contribution in [1.29, 1.82) is 0 Å². The Balaban J connectivity index is 2.55. The molecule has 0 amide bonds. The van der Waals surface area contributed by atoms with Crippen LogP contribution in [0.25, 0.3) is 11.3 Å². The zero-order valence-electron chi connectivity index (χ0n) is 7.66. The standard InChI is InChI=1S/C11H9ClOS/c1-14-11-5-4-8(12)7-9(11)10-3-2-6-13-10/h2-7H,1H3. The van der Waals surface area contributed by atoms with E-state index in [2.05, 4.69) is 0 Å². The van der Waals surface area contributed by atoms with Gasteiger partial charge >= 0.3 is 0 Å². The van der Waals surface area contributed by atoms with Gasteiger partial charge in [-0.1, -0.05) is 11.6 Å². The number of thioether (sulfide) groups is 1. The molecule has 72 valence electrons. The Bertz CT molecular complexity index is 423. The first-order valence-electron chi connectivity index (χ1n) is 4.18. The summed E-state index contributed by atoms with van der Waals surface area (Å²) in [5.74, 6) is 0.858. The first-order valence-corrected chi connectivity index (χ1v) is 5.79. The van der Waals surface area contributed by atoms with Crippen molar-refractivity contribution < 1.29 is 4.42 Å². The van der Waals surface area contributed by atoms with Gasteiger partial charge in [0.2, 0.25) is 0 Å². The third kappa shape index (κ3) is 1.81. The molecule has 2 aromatic rings. The summed E-state index contributed by atoms with van der Waals surface area (Å²) in [6.45, 7) is 0. The Morgan fingerprint density at radius 3 is 2.79 bits per heavy atom. The molecule has 0 bridgehead atoms. The fourth-order valence-corrected chi connectivity index (χ4v) is 2.06. The minimum Gasteiger partial charge on any atom is -0.464 e. The molecule has 2 rings (SSSR count). The molecule has 0 saturated carbocycles. The molecule has 1 aromatic carbocycles. The van der Waals surface area contributed by atoms with Crippen LogP contribution in [0.4, 0.5) is 0 Å². The lowest BCUT2D eigenvalue weighted by molar-refractivity contribution is 0.581. The molecule has 1 heterocycles. The van der Waals surface area contributed by atoms with E-state index in [0.717, 1.165) is 16.3 Å². The van der Waals surface area contributed by atoms with Gasteiger partial charge in [-0.25, -0.2) is 0 Å². The number of benzene rings is 1. The maximum Gasteiger partial charge on any atom is 0.135 e. The van der Waals surface area contributed by atoms with E-state index >= 15 is 0 Å². The van der Waals surface area contributed by atoms with Gasteiger partial charge < -0.3 is 4.42 Å². The second kappa shape index (κ2) is 4.11. The number of halogens is 1. The van der Waals surface area contributed by atoms with E-state index < -0.39 is 0 Å². The molecule has 0 atom stereocenters. The summed E-state index contributed by atoms with van der Waals surface area (Å²) in [5.41, 5.74) is 1.05. The molecule has 0 unspecified atom stereocenters. The highest BCUT2D eigenvalue weighted by Crippen LogP contribution is 2.32. The fourth-order valence-electron chi connectivity index (χ4n) is 1.30. The monoisotopic (exact) mass is 224 g/mol. The van der Waals surface area contributed by atoms with E-state index in [1.807, 2.05) is 36.6 Å². The van der Waals surface area contributed by atoms with E-state index in [-0.39, 0.29) is 0 Å². The van der Waals surface area contributed by atoms with E-state index in [1.165, 1.54) is 4.90 Å². The Kier molecular flexibility index (Phi) is 2.85. The number of furan rings is 1. The van der Waals surface area contributed by atoms with Gasteiger partial charge in [-0.3, -0.25) is 0 Å². The molecule has 0 fully saturated rings. The summed E-state index contributed by atoms with van der Waals surface area (Å²) < 4.78 is 5.35. The van der Waals surface area contributed by atoms with Crippen molar-refractivity contribution in [1.82, 2.24) is 0 Å². The van der Waals surface area contributed by atoms with Gasteiger partial charge in [0.1, 0.15) is 5.76 Å². The number of rotatable bonds is 2. The summed E-state index contributed by atoms with van der Waals surface area (Å²) in [5, 5.41) is 0.731. The molecule has 14 heavy (non-hydrogen) atoms. The topological polar surface area (TPSA) is 13.1 Å². The van der Waals surface area contributed by atoms with Gasteiger partial charge in [-0.05, 0) is 36.6 Å². The maximum atomic E-state index is 5.94. The molecule has 0 spiro atoms. The average Bonchev–Trinajstić information content (AvgIpc) is 2.70. The predicted octanol–water partition coefficient (Wildman–Crippen LogP) is 4.32. The molecular formula is C11H9ClOS. The SMILES string of the molecule is CSc1ccc(Cl)cc1-c1ccco1. The maximum absolute atomic E-state index is 5.94. The lowest BCUT2D eigenvalue weighted by Gasteiger charge is -2.04. The van der Waals surface area contributed by atoms with Crippen LogP contribution in [0.1, 0.15) is 0 Å². The summed E-state index contributed by atoms with van der Waals surface area (Å²) >= 11 is 7.62. The van der Waals surface area contributed by atoms with E-state index in [9.17, 15) is 0 Å². The van der Waals surface area contributed by atoms with Crippen molar-refractivity contribution in [3.8, 4) is 11.3 Å². The Morgan fingerprint density at radius 1 is 1.29 bits per heavy atom. The van der Waals surface area contributed by atoms with Gasteiger partial charge in [-0.15, -0.1) is 11.8 Å². The van der Waals surface area contributed by atoms with Crippen LogP contribution in [0.5, 0.6) is 0 Å². The second-order valence-electron chi connectivity index (χ2n) is 2.82. The molecule has 0 radical (unpaired) electrons. The molecule has 1 aromatic heterocycles. The molecule has 0 aliphatic heterocycles. The van der Waals surface area contributed by atoms with Gasteiger partial charge in [0, 0.05) is 15.5 Å². The van der Waals surface area contributed by atoms with Crippen LogP contribution in [0.2, 0.25) is 5.02 Å². The predicted molar refractivity (Wildman–Crippen MR) is 60.9 cm³/mol. The van der Waals surface area contributed by atoms with Gasteiger partial charge in [-0.2, -0.15) is 0 Å². The third-order valence-electron chi connectivity index (χ3n) is 1.95. The summed E-state index contributed by atoms with van der Waals surface area (Å²) in [6.07, 6.45) is 3.70. The normalized spacial score (nSPS) is 10.4. The number of hydrogen-bond donors (Lipinski definition) is 0. The first kappa shape index (κ1) is 9.69. The van der Waals surface area contributed by atoms with Crippen LogP contribution < -0.4 is 0 Å². The summed E-state index contributed by atoms with van der Waals surface area (Å²) in [7, 11) is 0. The highest BCUT2D eigenvalue weighted by atomic mass is 35.5. The van der Waals surface area contributed by atoms with Crippen LogP contribution in [-0.4, -0.2) is 6.26 Å². The van der Waals surface area contributed by atoms with E-state index in [1.54, 1.807) is 18.0 Å². The first-order chi connectivity index (χ1) is 6.81. The quantitative estimate of drug-likeness (QED) is 0.705. The highest BCUT2D eigenvalue weighted by molar-refractivity contribution is 7.98. The summed E-state index contributed by atoms with van der Waals surface area (Å²) in [4.78, 5) is 1.17. The zero-order chi connectivity index (χ0) is 9.97. The van der Waals surface area contributed by atoms with E-state index in [4.69, 9.17) is 16.0 Å². The largest absolute Gasteiger partial charge is 0.464 e. The average molecular weight is 225 g/mol. The molecular weight excluding hydrogens is 216 g/mol. The van der Waals surface area contributed by atoms with Crippen LogP contribution in [0.3, 0.4) is 0 Å². The van der Waals surface area contributed by atoms with Crippen molar-refractivity contribution in [3.63, 3.8) is 0 Å². The number of hydrogen-bond acceptors (Lipinski definition) is 2. The van der Waals surface area contributed by atoms with Gasteiger partial charge in [0.25, 0.3) is 0 Å². The van der Waals surface area contributed by atoms with Crippen LogP contribution in [0.15, 0.2) is 45.9 Å². The highest BCUT2D eigenvalue weighted by Gasteiger charge is 2.07. The molecule has 0 N–H and O–H groups in total. The van der Waals surface area contributed by atoms with Crippen LogP contribution >= 0.6 is 23.4 Å². The fraction of sp³-hybridized carbons (Fsp3) is 0.0909. The Morgan fingerprint density at radius 2 is 2.14 bits per heavy atom. The smallest absolute Gasteiger partial charge is 0.135 e.